The molecule has 0 aliphatic carbocycles. The Balaban J connectivity index is 2.56. The summed E-state index contributed by atoms with van der Waals surface area (Å²) in [6, 6.07) is 8.51. The molecule has 2 atom stereocenters. The van der Waals surface area contributed by atoms with Crippen LogP contribution in [0.1, 0.15) is 56.0 Å². The van der Waals surface area contributed by atoms with Crippen molar-refractivity contribution in [3.63, 3.8) is 0 Å². The second-order valence-corrected chi connectivity index (χ2v) is 5.47. The third kappa shape index (κ3) is 3.16. The summed E-state index contributed by atoms with van der Waals surface area (Å²) in [5, 5.41) is 4.71. The van der Waals surface area contributed by atoms with Gasteiger partial charge in [0.25, 0.3) is 0 Å². The van der Waals surface area contributed by atoms with Gasteiger partial charge in [-0.25, -0.2) is 9.67 Å². The first-order valence-electron chi connectivity index (χ1n) is 7.87. The summed E-state index contributed by atoms with van der Waals surface area (Å²) in [4.78, 5) is 4.64. The molecule has 0 amide bonds. The summed E-state index contributed by atoms with van der Waals surface area (Å²) in [7, 11) is 0. The lowest BCUT2D eigenvalue weighted by molar-refractivity contribution is 0.408. The van der Waals surface area contributed by atoms with Crippen molar-refractivity contribution in [2.45, 2.75) is 59.0 Å². The van der Waals surface area contributed by atoms with E-state index in [0.717, 1.165) is 30.9 Å². The molecule has 0 spiro atoms. The molecular formula is C17H26N4. The maximum Gasteiger partial charge on any atom is 0.150 e. The van der Waals surface area contributed by atoms with E-state index < -0.39 is 0 Å². The number of nitrogens with zero attached hydrogens (tertiary/aromatic N) is 3. The van der Waals surface area contributed by atoms with Gasteiger partial charge in [-0.2, -0.15) is 5.10 Å². The summed E-state index contributed by atoms with van der Waals surface area (Å²) < 4.78 is 2.05. The number of nitrogens with two attached hydrogens (primary N) is 1. The normalized spacial score (nSPS) is 14.1. The Morgan fingerprint density at radius 3 is 2.43 bits per heavy atom. The number of benzene rings is 1. The van der Waals surface area contributed by atoms with E-state index in [1.165, 1.54) is 11.1 Å². The van der Waals surface area contributed by atoms with Crippen molar-refractivity contribution in [2.24, 2.45) is 5.73 Å². The van der Waals surface area contributed by atoms with Gasteiger partial charge < -0.3 is 5.73 Å². The minimum atomic E-state index is 0.0304. The molecule has 0 saturated carbocycles. The number of rotatable bonds is 6. The van der Waals surface area contributed by atoms with Gasteiger partial charge in [-0.1, -0.05) is 45.0 Å². The van der Waals surface area contributed by atoms with Crippen molar-refractivity contribution in [1.29, 1.82) is 0 Å². The molecule has 2 rings (SSSR count). The number of hydrogen-bond donors (Lipinski definition) is 1. The molecule has 2 N–H and O–H groups in total. The molecule has 0 radical (unpaired) electrons. The Hall–Kier alpha value is -1.68. The summed E-state index contributed by atoms with van der Waals surface area (Å²) in [6.45, 7) is 8.46. The van der Waals surface area contributed by atoms with Gasteiger partial charge in [-0.3, -0.25) is 0 Å². The second-order valence-electron chi connectivity index (χ2n) is 5.47. The quantitative estimate of drug-likeness (QED) is 0.888. The van der Waals surface area contributed by atoms with E-state index in [-0.39, 0.29) is 12.1 Å². The highest BCUT2D eigenvalue weighted by atomic mass is 15.4. The summed E-state index contributed by atoms with van der Waals surface area (Å²) >= 11 is 0. The number of hydrogen-bond acceptors (Lipinski definition) is 3. The molecule has 1 heterocycles. The van der Waals surface area contributed by atoms with E-state index in [4.69, 9.17) is 10.8 Å². The molecule has 0 bridgehead atoms. The fourth-order valence-electron chi connectivity index (χ4n) is 2.70. The molecule has 0 aliphatic heterocycles. The predicted octanol–water partition coefficient (Wildman–Crippen LogP) is 3.04. The van der Waals surface area contributed by atoms with Gasteiger partial charge in [-0.15, -0.1) is 0 Å². The van der Waals surface area contributed by atoms with E-state index in [1.54, 1.807) is 0 Å². The second kappa shape index (κ2) is 6.85. The Morgan fingerprint density at radius 1 is 1.14 bits per heavy atom. The van der Waals surface area contributed by atoms with Crippen LogP contribution in [-0.2, 0) is 12.8 Å². The zero-order chi connectivity index (χ0) is 15.4. The third-order valence-corrected chi connectivity index (χ3v) is 4.03. The highest BCUT2D eigenvalue weighted by Crippen LogP contribution is 2.26. The van der Waals surface area contributed by atoms with Crippen LogP contribution in [0.3, 0.4) is 0 Å². The standard InChI is InChI=1S/C17H26N4/c1-5-14(18)17(13-11-9-8-10-12(13)4)21-16(7-3)19-15(6-2)20-21/h8-11,14,17H,5-7,18H2,1-4H3. The van der Waals surface area contributed by atoms with Gasteiger partial charge in [0.2, 0.25) is 0 Å². The van der Waals surface area contributed by atoms with Gasteiger partial charge in [0.1, 0.15) is 5.82 Å². The molecule has 4 nitrogen and oxygen atoms in total. The van der Waals surface area contributed by atoms with E-state index in [0.29, 0.717) is 0 Å². The van der Waals surface area contributed by atoms with Crippen LogP contribution in [0, 0.1) is 6.92 Å². The van der Waals surface area contributed by atoms with E-state index in [1.807, 2.05) is 0 Å². The molecule has 2 unspecified atom stereocenters. The topological polar surface area (TPSA) is 56.7 Å². The van der Waals surface area contributed by atoms with E-state index in [9.17, 15) is 0 Å². The van der Waals surface area contributed by atoms with Gasteiger partial charge in [0.05, 0.1) is 6.04 Å². The van der Waals surface area contributed by atoms with Crippen LogP contribution >= 0.6 is 0 Å². The van der Waals surface area contributed by atoms with Crippen LogP contribution < -0.4 is 5.73 Å². The highest BCUT2D eigenvalue weighted by molar-refractivity contribution is 5.30. The Morgan fingerprint density at radius 2 is 1.86 bits per heavy atom. The molecule has 1 aromatic heterocycles. The Kier molecular flexibility index (Phi) is 5.12. The average molecular weight is 286 g/mol. The Bertz CT molecular complexity index is 588. The molecule has 21 heavy (non-hydrogen) atoms. The largest absolute Gasteiger partial charge is 0.326 e. The molecule has 114 valence electrons. The minimum Gasteiger partial charge on any atom is -0.326 e. The van der Waals surface area contributed by atoms with Gasteiger partial charge in [-0.05, 0) is 24.5 Å². The van der Waals surface area contributed by atoms with Gasteiger partial charge in [0.15, 0.2) is 5.82 Å². The van der Waals surface area contributed by atoms with Gasteiger partial charge in [0, 0.05) is 18.9 Å². The van der Waals surface area contributed by atoms with Crippen LogP contribution in [-0.4, -0.2) is 20.8 Å². The first-order valence-corrected chi connectivity index (χ1v) is 7.87. The lowest BCUT2D eigenvalue weighted by Gasteiger charge is -2.26. The van der Waals surface area contributed by atoms with Crippen molar-refractivity contribution in [3.05, 3.63) is 47.0 Å². The van der Waals surface area contributed by atoms with Crippen molar-refractivity contribution < 1.29 is 0 Å². The predicted molar refractivity (Wildman–Crippen MR) is 86.4 cm³/mol. The molecule has 0 fully saturated rings. The van der Waals surface area contributed by atoms with E-state index in [2.05, 4.69) is 61.6 Å². The fraction of sp³-hybridized carbons (Fsp3) is 0.529. The van der Waals surface area contributed by atoms with Crippen LogP contribution in [0.5, 0.6) is 0 Å². The zero-order valence-corrected chi connectivity index (χ0v) is 13.5. The molecule has 4 heteroatoms. The smallest absolute Gasteiger partial charge is 0.150 e. The first kappa shape index (κ1) is 15.7. The lowest BCUT2D eigenvalue weighted by atomic mass is 9.94. The molecule has 2 aromatic rings. The number of aromatic nitrogens is 3. The van der Waals surface area contributed by atoms with Crippen molar-refractivity contribution in [1.82, 2.24) is 14.8 Å². The minimum absolute atomic E-state index is 0.0304. The SMILES string of the molecule is CCc1nc(CC)n(C(c2ccccc2C)C(N)CC)n1. The summed E-state index contributed by atoms with van der Waals surface area (Å²) in [5.41, 5.74) is 8.93. The van der Waals surface area contributed by atoms with Crippen LogP contribution in [0.15, 0.2) is 24.3 Å². The molecule has 1 aromatic carbocycles. The maximum atomic E-state index is 6.44. The fourth-order valence-corrected chi connectivity index (χ4v) is 2.70. The third-order valence-electron chi connectivity index (χ3n) is 4.03. The van der Waals surface area contributed by atoms with Crippen molar-refractivity contribution in [3.8, 4) is 0 Å². The first-order chi connectivity index (χ1) is 10.1. The maximum absolute atomic E-state index is 6.44. The zero-order valence-electron chi connectivity index (χ0n) is 13.5. The van der Waals surface area contributed by atoms with Gasteiger partial charge >= 0.3 is 0 Å². The summed E-state index contributed by atoms with van der Waals surface area (Å²) in [5.74, 6) is 1.91. The van der Waals surface area contributed by atoms with Crippen molar-refractivity contribution in [2.75, 3.05) is 0 Å². The lowest BCUT2D eigenvalue weighted by Crippen LogP contribution is -2.34. The molecule has 0 saturated heterocycles. The monoisotopic (exact) mass is 286 g/mol. The highest BCUT2D eigenvalue weighted by Gasteiger charge is 2.25. The van der Waals surface area contributed by atoms with Crippen LogP contribution in [0.4, 0.5) is 0 Å². The molecule has 0 aliphatic rings. The van der Waals surface area contributed by atoms with Crippen molar-refractivity contribution >= 4 is 0 Å². The Labute approximate surface area is 127 Å². The summed E-state index contributed by atoms with van der Waals surface area (Å²) in [6.07, 6.45) is 2.62. The molecular weight excluding hydrogens is 260 g/mol. The van der Waals surface area contributed by atoms with E-state index >= 15 is 0 Å². The van der Waals surface area contributed by atoms with Crippen LogP contribution in [0.2, 0.25) is 0 Å². The van der Waals surface area contributed by atoms with Crippen LogP contribution in [0.25, 0.3) is 0 Å². The number of aryl methyl sites for hydroxylation is 3. The average Bonchev–Trinajstić information content (AvgIpc) is 2.92.